The highest BCUT2D eigenvalue weighted by Gasteiger charge is 2.39. The molecular formula is C15H23N3O2S. The Labute approximate surface area is 126 Å². The summed E-state index contributed by atoms with van der Waals surface area (Å²) in [5.74, 6) is 1.55. The molecule has 0 aromatic heterocycles. The van der Waals surface area contributed by atoms with Crippen LogP contribution >= 0.6 is 0 Å². The number of benzene rings is 1. The van der Waals surface area contributed by atoms with Gasteiger partial charge in [0.25, 0.3) is 0 Å². The van der Waals surface area contributed by atoms with Crippen LogP contribution in [0.2, 0.25) is 0 Å². The zero-order valence-corrected chi connectivity index (χ0v) is 13.1. The van der Waals surface area contributed by atoms with E-state index in [-0.39, 0.29) is 4.90 Å². The largest absolute Gasteiger partial charge is 0.397 e. The van der Waals surface area contributed by atoms with Crippen molar-refractivity contribution in [3.63, 3.8) is 0 Å². The van der Waals surface area contributed by atoms with E-state index in [2.05, 4.69) is 10.0 Å². The number of hydrogen-bond acceptors (Lipinski definition) is 4. The quantitative estimate of drug-likeness (QED) is 0.728. The van der Waals surface area contributed by atoms with Gasteiger partial charge < -0.3 is 11.1 Å². The molecule has 0 aliphatic heterocycles. The molecule has 0 amide bonds. The summed E-state index contributed by atoms with van der Waals surface area (Å²) in [4.78, 5) is 0.268. The molecule has 4 N–H and O–H groups in total. The number of nitrogens with two attached hydrogens (primary N) is 1. The standard InChI is InChI=1S/C15H23N3O2S/c1-2-17-21(19,20)12-5-6-13(16)15(9-12)18-14-8-10-3-4-11(14)7-10/h5-6,9-11,14,17-18H,2-4,7-8,16H2,1H3. The fourth-order valence-corrected chi connectivity index (χ4v) is 4.79. The highest BCUT2D eigenvalue weighted by Crippen LogP contribution is 2.46. The Hall–Kier alpha value is -1.27. The van der Waals surface area contributed by atoms with Crippen molar-refractivity contribution in [1.29, 1.82) is 0 Å². The molecule has 0 saturated heterocycles. The predicted octanol–water partition coefficient (Wildman–Crippen LogP) is 2.17. The topological polar surface area (TPSA) is 84.2 Å². The van der Waals surface area contributed by atoms with E-state index < -0.39 is 10.0 Å². The van der Waals surface area contributed by atoms with E-state index >= 15 is 0 Å². The van der Waals surface area contributed by atoms with Gasteiger partial charge in [0, 0.05) is 12.6 Å². The lowest BCUT2D eigenvalue weighted by molar-refractivity contribution is 0.440. The summed E-state index contributed by atoms with van der Waals surface area (Å²) in [6.45, 7) is 2.14. The molecule has 0 spiro atoms. The Morgan fingerprint density at radius 2 is 2.10 bits per heavy atom. The van der Waals surface area contributed by atoms with Gasteiger partial charge in [0.15, 0.2) is 0 Å². The SMILES string of the molecule is CCNS(=O)(=O)c1ccc(N)c(NC2CC3CCC2C3)c1. The first-order chi connectivity index (χ1) is 9.99. The lowest BCUT2D eigenvalue weighted by Crippen LogP contribution is -2.27. The highest BCUT2D eigenvalue weighted by molar-refractivity contribution is 7.89. The highest BCUT2D eigenvalue weighted by atomic mass is 32.2. The van der Waals surface area contributed by atoms with E-state index in [0.29, 0.717) is 24.2 Å². The van der Waals surface area contributed by atoms with Crippen LogP contribution in [0.5, 0.6) is 0 Å². The molecule has 3 atom stereocenters. The van der Waals surface area contributed by atoms with E-state index in [1.54, 1.807) is 25.1 Å². The molecule has 3 rings (SSSR count). The Bertz CT molecular complexity index is 630. The summed E-state index contributed by atoms with van der Waals surface area (Å²) in [6.07, 6.45) is 5.09. The summed E-state index contributed by atoms with van der Waals surface area (Å²) in [6, 6.07) is 5.31. The lowest BCUT2D eigenvalue weighted by atomic mass is 9.95. The first-order valence-electron chi connectivity index (χ1n) is 7.65. The van der Waals surface area contributed by atoms with Gasteiger partial charge in [0.2, 0.25) is 10.0 Å². The van der Waals surface area contributed by atoms with Crippen molar-refractivity contribution >= 4 is 21.4 Å². The molecule has 116 valence electrons. The minimum atomic E-state index is -3.44. The van der Waals surface area contributed by atoms with E-state index in [0.717, 1.165) is 11.6 Å². The Morgan fingerprint density at radius 1 is 1.29 bits per heavy atom. The van der Waals surface area contributed by atoms with Crippen molar-refractivity contribution in [2.24, 2.45) is 11.8 Å². The molecule has 21 heavy (non-hydrogen) atoms. The molecule has 1 aromatic rings. The lowest BCUT2D eigenvalue weighted by Gasteiger charge is -2.25. The number of sulfonamides is 1. The van der Waals surface area contributed by atoms with Crippen LogP contribution in [0.15, 0.2) is 23.1 Å². The molecule has 1 aromatic carbocycles. The van der Waals surface area contributed by atoms with E-state index in [9.17, 15) is 8.42 Å². The number of nitrogen functional groups attached to an aromatic ring is 1. The maximum absolute atomic E-state index is 12.1. The predicted molar refractivity (Wildman–Crippen MR) is 84.6 cm³/mol. The second-order valence-electron chi connectivity index (χ2n) is 6.18. The Kier molecular flexibility index (Phi) is 3.84. The van der Waals surface area contributed by atoms with Gasteiger partial charge in [-0.15, -0.1) is 0 Å². The minimum Gasteiger partial charge on any atom is -0.397 e. The van der Waals surface area contributed by atoms with Gasteiger partial charge in [-0.2, -0.15) is 0 Å². The summed E-state index contributed by atoms with van der Waals surface area (Å²) < 4.78 is 26.7. The molecule has 2 aliphatic carbocycles. The number of nitrogens with one attached hydrogen (secondary N) is 2. The Morgan fingerprint density at radius 3 is 2.71 bits per heavy atom. The third-order valence-electron chi connectivity index (χ3n) is 4.75. The third kappa shape index (κ3) is 2.87. The van der Waals surface area contributed by atoms with Crippen molar-refractivity contribution < 1.29 is 8.42 Å². The van der Waals surface area contributed by atoms with Gasteiger partial charge >= 0.3 is 0 Å². The van der Waals surface area contributed by atoms with Crippen molar-refractivity contribution in [3.05, 3.63) is 18.2 Å². The van der Waals surface area contributed by atoms with Crippen molar-refractivity contribution in [2.45, 2.75) is 43.5 Å². The van der Waals surface area contributed by atoms with Gasteiger partial charge in [-0.25, -0.2) is 13.1 Å². The Balaban J connectivity index is 1.82. The van der Waals surface area contributed by atoms with Gasteiger partial charge in [0.1, 0.15) is 0 Å². The maximum Gasteiger partial charge on any atom is 0.240 e. The monoisotopic (exact) mass is 309 g/mol. The summed E-state index contributed by atoms with van der Waals surface area (Å²) in [7, 11) is -3.44. The average molecular weight is 309 g/mol. The van der Waals surface area contributed by atoms with Crippen molar-refractivity contribution in [3.8, 4) is 0 Å². The van der Waals surface area contributed by atoms with Crippen molar-refractivity contribution in [2.75, 3.05) is 17.6 Å². The first kappa shape index (κ1) is 14.7. The summed E-state index contributed by atoms with van der Waals surface area (Å²) >= 11 is 0. The molecule has 6 heteroatoms. The fraction of sp³-hybridized carbons (Fsp3) is 0.600. The summed E-state index contributed by atoms with van der Waals surface area (Å²) in [5.41, 5.74) is 7.35. The van der Waals surface area contributed by atoms with Gasteiger partial charge in [0.05, 0.1) is 16.3 Å². The molecule has 3 unspecified atom stereocenters. The van der Waals surface area contributed by atoms with E-state index in [4.69, 9.17) is 5.73 Å². The normalized spacial score (nSPS) is 28.0. The van der Waals surface area contributed by atoms with E-state index in [1.165, 1.54) is 25.7 Å². The average Bonchev–Trinajstić information content (AvgIpc) is 3.03. The fourth-order valence-electron chi connectivity index (χ4n) is 3.72. The van der Waals surface area contributed by atoms with Gasteiger partial charge in [-0.1, -0.05) is 13.3 Å². The molecule has 5 nitrogen and oxygen atoms in total. The molecule has 2 fully saturated rings. The number of fused-ring (bicyclic) bond motifs is 2. The number of rotatable bonds is 5. The van der Waals surface area contributed by atoms with Gasteiger partial charge in [-0.3, -0.25) is 0 Å². The van der Waals surface area contributed by atoms with Crippen LogP contribution in [0.25, 0.3) is 0 Å². The van der Waals surface area contributed by atoms with Gasteiger partial charge in [-0.05, 0) is 49.3 Å². The van der Waals surface area contributed by atoms with Crippen LogP contribution in [0.3, 0.4) is 0 Å². The van der Waals surface area contributed by atoms with Crippen LogP contribution in [-0.2, 0) is 10.0 Å². The smallest absolute Gasteiger partial charge is 0.240 e. The van der Waals surface area contributed by atoms with Crippen LogP contribution < -0.4 is 15.8 Å². The molecule has 0 radical (unpaired) electrons. The first-order valence-corrected chi connectivity index (χ1v) is 9.13. The van der Waals surface area contributed by atoms with Crippen LogP contribution in [-0.4, -0.2) is 21.0 Å². The molecule has 0 heterocycles. The second-order valence-corrected chi connectivity index (χ2v) is 7.94. The number of hydrogen-bond donors (Lipinski definition) is 3. The van der Waals surface area contributed by atoms with Crippen LogP contribution in [0.1, 0.15) is 32.6 Å². The second kappa shape index (κ2) is 5.50. The summed E-state index contributed by atoms with van der Waals surface area (Å²) in [5, 5.41) is 3.48. The zero-order valence-electron chi connectivity index (χ0n) is 12.3. The molecule has 2 aliphatic rings. The maximum atomic E-state index is 12.1. The minimum absolute atomic E-state index is 0.268. The number of anilines is 2. The van der Waals surface area contributed by atoms with Crippen LogP contribution in [0, 0.1) is 11.8 Å². The zero-order chi connectivity index (χ0) is 15.0. The van der Waals surface area contributed by atoms with E-state index in [1.807, 2.05) is 0 Å². The molecular weight excluding hydrogens is 286 g/mol. The van der Waals surface area contributed by atoms with Crippen molar-refractivity contribution in [1.82, 2.24) is 4.72 Å². The molecule has 2 saturated carbocycles. The third-order valence-corrected chi connectivity index (χ3v) is 6.29. The van der Waals surface area contributed by atoms with Crippen LogP contribution in [0.4, 0.5) is 11.4 Å². The molecule has 2 bridgehead atoms.